The van der Waals surface area contributed by atoms with Crippen molar-refractivity contribution in [1.82, 2.24) is 4.90 Å². The van der Waals surface area contributed by atoms with E-state index in [0.29, 0.717) is 12.1 Å². The molecule has 0 spiro atoms. The van der Waals surface area contributed by atoms with E-state index in [9.17, 15) is 4.39 Å². The molecule has 0 N–H and O–H groups in total. The van der Waals surface area contributed by atoms with Crippen LogP contribution in [0, 0.1) is 5.82 Å². The van der Waals surface area contributed by atoms with Gasteiger partial charge in [-0.25, -0.2) is 4.39 Å². The summed E-state index contributed by atoms with van der Waals surface area (Å²) in [4.78, 5) is 4.68. The average Bonchev–Trinajstić information content (AvgIpc) is 2.36. The lowest BCUT2D eigenvalue weighted by Gasteiger charge is -2.46. The van der Waals surface area contributed by atoms with Gasteiger partial charge in [0.25, 0.3) is 0 Å². The van der Waals surface area contributed by atoms with E-state index < -0.39 is 0 Å². The predicted molar refractivity (Wildman–Crippen MR) is 88.1 cm³/mol. The van der Waals surface area contributed by atoms with Gasteiger partial charge < -0.3 is 9.64 Å². The minimum Gasteiger partial charge on any atom is -0.378 e. The molecule has 2 fully saturated rings. The van der Waals surface area contributed by atoms with Crippen molar-refractivity contribution in [1.29, 1.82) is 0 Å². The molecule has 2 aliphatic heterocycles. The fraction of sp³-hybridized carbons (Fsp3) is 0.667. The first-order valence-corrected chi connectivity index (χ1v) is 8.25. The van der Waals surface area contributed by atoms with Crippen LogP contribution >= 0.6 is 0 Å². The molecule has 4 heteroatoms. The highest BCUT2D eigenvalue weighted by molar-refractivity contribution is 5.51. The van der Waals surface area contributed by atoms with Crippen molar-refractivity contribution in [2.75, 3.05) is 37.7 Å². The van der Waals surface area contributed by atoms with E-state index >= 15 is 0 Å². The van der Waals surface area contributed by atoms with Gasteiger partial charge in [0.15, 0.2) is 0 Å². The van der Waals surface area contributed by atoms with Crippen LogP contribution in [0.15, 0.2) is 18.2 Å². The number of rotatable bonds is 2. The summed E-state index contributed by atoms with van der Waals surface area (Å²) in [6.07, 6.45) is 0. The molecule has 3 nitrogen and oxygen atoms in total. The van der Waals surface area contributed by atoms with Crippen LogP contribution in [0.5, 0.6) is 0 Å². The van der Waals surface area contributed by atoms with Gasteiger partial charge in [-0.15, -0.1) is 0 Å². The fourth-order valence-electron chi connectivity index (χ4n) is 3.32. The summed E-state index contributed by atoms with van der Waals surface area (Å²) in [5.74, 6) is -0.0975. The molecule has 0 radical (unpaired) electrons. The van der Waals surface area contributed by atoms with E-state index in [1.807, 2.05) is 6.07 Å². The Balaban J connectivity index is 1.74. The van der Waals surface area contributed by atoms with E-state index in [0.717, 1.165) is 44.1 Å². The maximum Gasteiger partial charge on any atom is 0.146 e. The lowest BCUT2D eigenvalue weighted by Crippen LogP contribution is -2.59. The Morgan fingerprint density at radius 1 is 1.18 bits per heavy atom. The van der Waals surface area contributed by atoms with Gasteiger partial charge >= 0.3 is 0 Å². The van der Waals surface area contributed by atoms with Crippen LogP contribution in [0.4, 0.5) is 10.1 Å². The molecule has 2 aliphatic rings. The first-order valence-electron chi connectivity index (χ1n) is 8.25. The van der Waals surface area contributed by atoms with Crippen LogP contribution in [-0.2, 0) is 10.2 Å². The maximum atomic E-state index is 14.6. The van der Waals surface area contributed by atoms with Crippen LogP contribution < -0.4 is 4.90 Å². The molecule has 3 rings (SSSR count). The van der Waals surface area contributed by atoms with E-state index in [4.69, 9.17) is 4.74 Å². The third-order valence-electron chi connectivity index (χ3n) is 4.92. The van der Waals surface area contributed by atoms with Gasteiger partial charge in [-0.05, 0) is 30.0 Å². The fourth-order valence-corrected chi connectivity index (χ4v) is 3.32. The Morgan fingerprint density at radius 2 is 1.91 bits per heavy atom. The van der Waals surface area contributed by atoms with Gasteiger partial charge in [-0.1, -0.05) is 26.8 Å². The Hall–Kier alpha value is -1.13. The number of benzene rings is 1. The van der Waals surface area contributed by atoms with Crippen molar-refractivity contribution in [2.45, 2.75) is 45.2 Å². The summed E-state index contributed by atoms with van der Waals surface area (Å²) in [5, 5.41) is 0. The molecule has 0 bridgehead atoms. The second kappa shape index (κ2) is 5.82. The zero-order valence-corrected chi connectivity index (χ0v) is 14.1. The number of piperazine rings is 1. The van der Waals surface area contributed by atoms with Gasteiger partial charge in [0.2, 0.25) is 0 Å². The van der Waals surface area contributed by atoms with Crippen molar-refractivity contribution < 1.29 is 9.13 Å². The molecule has 122 valence electrons. The Morgan fingerprint density at radius 3 is 2.41 bits per heavy atom. The second-order valence-corrected chi connectivity index (χ2v) is 7.64. The summed E-state index contributed by atoms with van der Waals surface area (Å²) >= 11 is 0. The van der Waals surface area contributed by atoms with Crippen molar-refractivity contribution in [3.8, 4) is 0 Å². The van der Waals surface area contributed by atoms with Crippen molar-refractivity contribution in [3.63, 3.8) is 0 Å². The van der Waals surface area contributed by atoms with Crippen molar-refractivity contribution in [2.24, 2.45) is 0 Å². The molecule has 1 aromatic rings. The molecule has 0 saturated carbocycles. The van der Waals surface area contributed by atoms with E-state index in [1.165, 1.54) is 0 Å². The van der Waals surface area contributed by atoms with E-state index in [2.05, 4.69) is 43.6 Å². The van der Waals surface area contributed by atoms with E-state index in [-0.39, 0.29) is 11.2 Å². The molecule has 1 aromatic carbocycles. The number of ether oxygens (including phenoxy) is 1. The molecule has 1 atom stereocenters. The van der Waals surface area contributed by atoms with Crippen LogP contribution in [0.1, 0.15) is 33.3 Å². The molecule has 0 aliphatic carbocycles. The molecule has 0 unspecified atom stereocenters. The van der Waals surface area contributed by atoms with Crippen LogP contribution in [-0.4, -0.2) is 49.8 Å². The first kappa shape index (κ1) is 15.8. The van der Waals surface area contributed by atoms with Crippen LogP contribution in [0.2, 0.25) is 0 Å². The minimum absolute atomic E-state index is 0.0199. The average molecular weight is 306 g/mol. The monoisotopic (exact) mass is 306 g/mol. The third kappa shape index (κ3) is 2.99. The lowest BCUT2D eigenvalue weighted by molar-refractivity contribution is -0.0691. The summed E-state index contributed by atoms with van der Waals surface area (Å²) in [6, 6.07) is 6.61. The van der Waals surface area contributed by atoms with Crippen molar-refractivity contribution >= 4 is 5.69 Å². The summed E-state index contributed by atoms with van der Waals surface area (Å²) in [6.45, 7) is 13.1. The smallest absolute Gasteiger partial charge is 0.146 e. The Kier molecular flexibility index (Phi) is 4.17. The normalized spacial score (nSPS) is 24.4. The molecular formula is C18H27FN2O. The number of anilines is 1. The number of hydrogen-bond donors (Lipinski definition) is 0. The number of nitrogens with zero attached hydrogens (tertiary/aromatic N) is 2. The lowest BCUT2D eigenvalue weighted by atomic mass is 9.87. The summed E-state index contributed by atoms with van der Waals surface area (Å²) in [5.41, 5.74) is 1.77. The van der Waals surface area contributed by atoms with Gasteiger partial charge in [0, 0.05) is 25.7 Å². The summed E-state index contributed by atoms with van der Waals surface area (Å²) < 4.78 is 19.9. The zero-order valence-electron chi connectivity index (χ0n) is 14.1. The van der Waals surface area contributed by atoms with Gasteiger partial charge in [0.1, 0.15) is 5.82 Å². The van der Waals surface area contributed by atoms with Crippen LogP contribution in [0.25, 0.3) is 0 Å². The maximum absolute atomic E-state index is 14.6. The molecule has 0 amide bonds. The molecule has 22 heavy (non-hydrogen) atoms. The highest BCUT2D eigenvalue weighted by atomic mass is 19.1. The Bertz CT molecular complexity index is 536. The highest BCUT2D eigenvalue weighted by Crippen LogP contribution is 2.30. The topological polar surface area (TPSA) is 15.7 Å². The quantitative estimate of drug-likeness (QED) is 0.835. The molecule has 2 heterocycles. The molecule has 2 saturated heterocycles. The Labute approximate surface area is 133 Å². The van der Waals surface area contributed by atoms with Crippen LogP contribution in [0.3, 0.4) is 0 Å². The minimum atomic E-state index is -0.0975. The molecule has 0 aromatic heterocycles. The largest absolute Gasteiger partial charge is 0.378 e. The summed E-state index contributed by atoms with van der Waals surface area (Å²) in [7, 11) is 0. The zero-order chi connectivity index (χ0) is 15.9. The molecular weight excluding hydrogens is 279 g/mol. The van der Waals surface area contributed by atoms with Gasteiger partial charge in [-0.3, -0.25) is 4.90 Å². The second-order valence-electron chi connectivity index (χ2n) is 7.64. The number of hydrogen-bond acceptors (Lipinski definition) is 3. The van der Waals surface area contributed by atoms with Crippen molar-refractivity contribution in [3.05, 3.63) is 29.6 Å². The number of halogens is 1. The highest BCUT2D eigenvalue weighted by Gasteiger charge is 2.33. The van der Waals surface area contributed by atoms with E-state index in [1.54, 1.807) is 6.07 Å². The third-order valence-corrected chi connectivity index (χ3v) is 4.92. The standard InChI is InChI=1S/C18H27FN2O/c1-13-10-20(15-11-22-12-15)7-8-21(13)17-6-5-14(9-16(17)19)18(2,3)4/h5-6,9,13,15H,7-8,10-12H2,1-4H3/t13-/m0/s1. The first-order chi connectivity index (χ1) is 10.4. The van der Waals surface area contributed by atoms with Gasteiger partial charge in [-0.2, -0.15) is 0 Å². The predicted octanol–water partition coefficient (Wildman–Crippen LogP) is 3.03. The SMILES string of the molecule is C[C@H]1CN(C2COC2)CCN1c1ccc(C(C)(C)C)cc1F. The van der Waals surface area contributed by atoms with Gasteiger partial charge in [0.05, 0.1) is 24.9 Å².